The van der Waals surface area contributed by atoms with Gasteiger partial charge in [-0.05, 0) is 49.4 Å². The minimum atomic E-state index is -0.153. The number of benzene rings is 1. The average molecular weight is 287 g/mol. The van der Waals surface area contributed by atoms with Crippen LogP contribution < -0.4 is 4.74 Å². The molecule has 1 aliphatic carbocycles. The zero-order valence-corrected chi connectivity index (χ0v) is 12.4. The first kappa shape index (κ1) is 14.1. The zero-order valence-electron chi connectivity index (χ0n) is 12.4. The fourth-order valence-electron chi connectivity index (χ4n) is 3.62. The summed E-state index contributed by atoms with van der Waals surface area (Å²) in [6.07, 6.45) is 5.88. The van der Waals surface area contributed by atoms with E-state index in [1.165, 1.54) is 11.3 Å². The number of likely N-dealkylation sites (tertiary alicyclic amines) is 1. The molecule has 1 saturated heterocycles. The summed E-state index contributed by atoms with van der Waals surface area (Å²) >= 11 is 0. The van der Waals surface area contributed by atoms with E-state index in [4.69, 9.17) is 4.74 Å². The highest BCUT2D eigenvalue weighted by molar-refractivity contribution is 6.05. The Bertz CT molecular complexity index is 537. The molecule has 4 heteroatoms. The molecule has 0 aromatic heterocycles. The van der Waals surface area contributed by atoms with Crippen molar-refractivity contribution in [3.05, 3.63) is 29.8 Å². The van der Waals surface area contributed by atoms with Crippen molar-refractivity contribution in [1.29, 1.82) is 0 Å². The van der Waals surface area contributed by atoms with Crippen LogP contribution in [0.3, 0.4) is 0 Å². The molecule has 3 rings (SSSR count). The van der Waals surface area contributed by atoms with Gasteiger partial charge in [-0.15, -0.1) is 0 Å². The molecule has 2 atom stereocenters. The lowest BCUT2D eigenvalue weighted by Crippen LogP contribution is -2.52. The molecular weight excluding hydrogens is 266 g/mol. The van der Waals surface area contributed by atoms with Crippen molar-refractivity contribution in [2.24, 2.45) is 5.92 Å². The summed E-state index contributed by atoms with van der Waals surface area (Å²) in [6.45, 7) is 0. The standard InChI is InChI=1S/C17H21NO3/c1-21-14-9-6-13(7-10-14)17(20)18-15-5-3-2-4-12(15)8-11-16(18)19/h6-7,9-10,12,15H,2-5,8,11H2,1H3. The molecule has 2 aliphatic rings. The van der Waals surface area contributed by atoms with E-state index in [2.05, 4.69) is 0 Å². The normalized spacial score (nSPS) is 25.4. The van der Waals surface area contributed by atoms with Gasteiger partial charge in [-0.3, -0.25) is 14.5 Å². The summed E-state index contributed by atoms with van der Waals surface area (Å²) in [5.74, 6) is 1.05. The number of methoxy groups -OCH3 is 1. The number of hydrogen-bond acceptors (Lipinski definition) is 3. The van der Waals surface area contributed by atoms with Crippen LogP contribution in [0.2, 0.25) is 0 Å². The third-order valence-electron chi connectivity index (χ3n) is 4.75. The number of piperidine rings is 1. The van der Waals surface area contributed by atoms with E-state index in [0.29, 0.717) is 23.7 Å². The zero-order chi connectivity index (χ0) is 14.8. The fraction of sp³-hybridized carbons (Fsp3) is 0.529. The van der Waals surface area contributed by atoms with Gasteiger partial charge in [0.15, 0.2) is 0 Å². The van der Waals surface area contributed by atoms with Crippen molar-refractivity contribution < 1.29 is 14.3 Å². The van der Waals surface area contributed by atoms with Crippen molar-refractivity contribution in [1.82, 2.24) is 4.90 Å². The number of nitrogens with zero attached hydrogens (tertiary/aromatic N) is 1. The molecular formula is C17H21NO3. The minimum Gasteiger partial charge on any atom is -0.497 e. The van der Waals surface area contributed by atoms with Gasteiger partial charge in [0.05, 0.1) is 7.11 Å². The summed E-state index contributed by atoms with van der Waals surface area (Å²) in [5.41, 5.74) is 0.565. The van der Waals surface area contributed by atoms with Gasteiger partial charge in [-0.25, -0.2) is 0 Å². The van der Waals surface area contributed by atoms with Crippen LogP contribution >= 0.6 is 0 Å². The number of carbonyl (C=O) groups excluding carboxylic acids is 2. The van der Waals surface area contributed by atoms with Gasteiger partial charge < -0.3 is 4.74 Å². The smallest absolute Gasteiger partial charge is 0.260 e. The van der Waals surface area contributed by atoms with Crippen LogP contribution in [0, 0.1) is 5.92 Å². The molecule has 112 valence electrons. The SMILES string of the molecule is COc1ccc(C(=O)N2C(=O)CCC3CCCCC32)cc1. The molecule has 2 amide bonds. The van der Waals surface area contributed by atoms with Crippen molar-refractivity contribution in [2.75, 3.05) is 7.11 Å². The average Bonchev–Trinajstić information content (AvgIpc) is 2.54. The lowest BCUT2D eigenvalue weighted by atomic mass is 9.78. The second kappa shape index (κ2) is 5.88. The highest BCUT2D eigenvalue weighted by Crippen LogP contribution is 2.36. The maximum absolute atomic E-state index is 12.7. The monoisotopic (exact) mass is 287 g/mol. The predicted octanol–water partition coefficient (Wildman–Crippen LogP) is 3.02. The summed E-state index contributed by atoms with van der Waals surface area (Å²) in [5, 5.41) is 0. The Balaban J connectivity index is 1.84. The van der Waals surface area contributed by atoms with Gasteiger partial charge >= 0.3 is 0 Å². The number of amides is 2. The fourth-order valence-corrected chi connectivity index (χ4v) is 3.62. The van der Waals surface area contributed by atoms with Gasteiger partial charge in [-0.2, -0.15) is 0 Å². The highest BCUT2D eigenvalue weighted by atomic mass is 16.5. The second-order valence-electron chi connectivity index (χ2n) is 5.95. The third kappa shape index (κ3) is 2.67. The summed E-state index contributed by atoms with van der Waals surface area (Å²) in [7, 11) is 1.59. The van der Waals surface area contributed by atoms with Gasteiger partial charge in [0.2, 0.25) is 5.91 Å². The Labute approximate surface area is 125 Å². The van der Waals surface area contributed by atoms with E-state index in [1.807, 2.05) is 0 Å². The van der Waals surface area contributed by atoms with E-state index in [9.17, 15) is 9.59 Å². The first-order chi connectivity index (χ1) is 10.2. The molecule has 1 saturated carbocycles. The second-order valence-corrected chi connectivity index (χ2v) is 5.95. The maximum Gasteiger partial charge on any atom is 0.260 e. The molecule has 1 aromatic rings. The molecule has 0 spiro atoms. The molecule has 1 aliphatic heterocycles. The molecule has 1 heterocycles. The van der Waals surface area contributed by atoms with Gasteiger partial charge in [0, 0.05) is 18.0 Å². The van der Waals surface area contributed by atoms with Crippen molar-refractivity contribution in [3.63, 3.8) is 0 Å². The Hall–Kier alpha value is -1.84. The van der Waals surface area contributed by atoms with E-state index in [0.717, 1.165) is 25.7 Å². The first-order valence-electron chi connectivity index (χ1n) is 7.71. The number of carbonyl (C=O) groups is 2. The Morgan fingerprint density at radius 2 is 1.86 bits per heavy atom. The van der Waals surface area contributed by atoms with Crippen LogP contribution in [0.1, 0.15) is 48.9 Å². The van der Waals surface area contributed by atoms with E-state index >= 15 is 0 Å². The summed E-state index contributed by atoms with van der Waals surface area (Å²) in [6, 6.07) is 7.11. The molecule has 1 aromatic carbocycles. The van der Waals surface area contributed by atoms with Crippen LogP contribution in [0.5, 0.6) is 5.75 Å². The van der Waals surface area contributed by atoms with E-state index < -0.39 is 0 Å². The minimum absolute atomic E-state index is 0.0148. The van der Waals surface area contributed by atoms with Crippen LogP contribution in [0.4, 0.5) is 0 Å². The number of rotatable bonds is 2. The summed E-state index contributed by atoms with van der Waals surface area (Å²) < 4.78 is 5.11. The van der Waals surface area contributed by atoms with Crippen LogP contribution in [-0.2, 0) is 4.79 Å². The first-order valence-corrected chi connectivity index (χ1v) is 7.71. The number of fused-ring (bicyclic) bond motifs is 1. The van der Waals surface area contributed by atoms with E-state index in [1.54, 1.807) is 31.4 Å². The lowest BCUT2D eigenvalue weighted by molar-refractivity contribution is -0.135. The van der Waals surface area contributed by atoms with Crippen molar-refractivity contribution in [3.8, 4) is 5.75 Å². The molecule has 21 heavy (non-hydrogen) atoms. The molecule has 0 bridgehead atoms. The van der Waals surface area contributed by atoms with Gasteiger partial charge in [-0.1, -0.05) is 12.8 Å². The van der Waals surface area contributed by atoms with Crippen LogP contribution in [-0.4, -0.2) is 29.9 Å². The molecule has 2 unspecified atom stereocenters. The molecule has 2 fully saturated rings. The number of hydrogen-bond donors (Lipinski definition) is 0. The number of ether oxygens (including phenoxy) is 1. The van der Waals surface area contributed by atoms with Crippen molar-refractivity contribution in [2.45, 2.75) is 44.6 Å². The largest absolute Gasteiger partial charge is 0.497 e. The highest BCUT2D eigenvalue weighted by Gasteiger charge is 2.40. The Morgan fingerprint density at radius 1 is 1.14 bits per heavy atom. The quantitative estimate of drug-likeness (QED) is 0.786. The van der Waals surface area contributed by atoms with Crippen LogP contribution in [0.25, 0.3) is 0 Å². The van der Waals surface area contributed by atoms with Crippen LogP contribution in [0.15, 0.2) is 24.3 Å². The Kier molecular flexibility index (Phi) is 3.95. The summed E-state index contributed by atoms with van der Waals surface area (Å²) in [4.78, 5) is 26.5. The van der Waals surface area contributed by atoms with E-state index in [-0.39, 0.29) is 17.9 Å². The lowest BCUT2D eigenvalue weighted by Gasteiger charge is -2.42. The maximum atomic E-state index is 12.7. The van der Waals surface area contributed by atoms with Crippen molar-refractivity contribution >= 4 is 11.8 Å². The topological polar surface area (TPSA) is 46.6 Å². The number of imide groups is 1. The predicted molar refractivity (Wildman–Crippen MR) is 79.2 cm³/mol. The van der Waals surface area contributed by atoms with Gasteiger partial charge in [0.1, 0.15) is 5.75 Å². The Morgan fingerprint density at radius 3 is 2.57 bits per heavy atom. The third-order valence-corrected chi connectivity index (χ3v) is 4.75. The molecule has 0 radical (unpaired) electrons. The molecule has 0 N–H and O–H groups in total. The molecule has 4 nitrogen and oxygen atoms in total. The van der Waals surface area contributed by atoms with Gasteiger partial charge in [0.25, 0.3) is 5.91 Å².